The quantitative estimate of drug-likeness (QED) is 0.610. The maximum absolute atomic E-state index is 12.7. The number of rotatable bonds is 1. The molecule has 1 aliphatic heterocycles. The van der Waals surface area contributed by atoms with Gasteiger partial charge in [-0.1, -0.05) is 18.5 Å². The van der Waals surface area contributed by atoms with Gasteiger partial charge in [-0.25, -0.2) is 0 Å². The monoisotopic (exact) mass is 426 g/mol. The fraction of sp³-hybridized carbons (Fsp3) is 0.353. The molecule has 2 aromatic rings. The van der Waals surface area contributed by atoms with Crippen molar-refractivity contribution < 1.29 is 9.90 Å². The fourth-order valence-electron chi connectivity index (χ4n) is 3.42. The van der Waals surface area contributed by atoms with E-state index in [4.69, 9.17) is 11.6 Å². The highest BCUT2D eigenvalue weighted by Crippen LogP contribution is 2.44. The molecule has 1 amide bonds. The number of thiophene rings is 1. The molecule has 0 radical (unpaired) electrons. The molecular weight excluding hydrogens is 412 g/mol. The number of carbonyl (C=O) groups excluding carboxylic acids is 1. The molecule has 24 heavy (non-hydrogen) atoms. The molecule has 1 aromatic heterocycles. The van der Waals surface area contributed by atoms with Crippen LogP contribution in [0.1, 0.15) is 45.9 Å². The van der Waals surface area contributed by atoms with Gasteiger partial charge in [0.15, 0.2) is 0 Å². The molecule has 126 valence electrons. The number of phenols is 1. The van der Waals surface area contributed by atoms with Crippen molar-refractivity contribution in [1.29, 1.82) is 0 Å². The van der Waals surface area contributed by atoms with E-state index in [1.165, 1.54) is 10.4 Å². The lowest BCUT2D eigenvalue weighted by molar-refractivity contribution is 0.0935. The van der Waals surface area contributed by atoms with Gasteiger partial charge in [0.25, 0.3) is 5.91 Å². The van der Waals surface area contributed by atoms with E-state index in [0.29, 0.717) is 21.0 Å². The second-order valence-electron chi connectivity index (χ2n) is 6.43. The molecule has 0 saturated carbocycles. The lowest BCUT2D eigenvalue weighted by Crippen LogP contribution is -2.38. The van der Waals surface area contributed by atoms with Crippen LogP contribution in [0.25, 0.3) is 0 Å². The van der Waals surface area contributed by atoms with Gasteiger partial charge in [-0.05, 0) is 58.8 Å². The first-order valence-electron chi connectivity index (χ1n) is 7.84. The van der Waals surface area contributed by atoms with E-state index >= 15 is 0 Å². The largest absolute Gasteiger partial charge is 0.506 e. The molecule has 4 nitrogen and oxygen atoms in total. The summed E-state index contributed by atoms with van der Waals surface area (Å²) in [5.41, 5.74) is 2.51. The molecule has 2 heterocycles. The highest BCUT2D eigenvalue weighted by atomic mass is 79.9. The van der Waals surface area contributed by atoms with Crippen LogP contribution in [0, 0.1) is 5.92 Å². The van der Waals surface area contributed by atoms with Crippen molar-refractivity contribution in [3.8, 4) is 5.75 Å². The molecule has 2 atom stereocenters. The summed E-state index contributed by atoms with van der Waals surface area (Å²) in [6, 6.07) is 3.29. The molecule has 0 fully saturated rings. The number of carbonyl (C=O) groups is 1. The van der Waals surface area contributed by atoms with Crippen LogP contribution in [-0.2, 0) is 12.8 Å². The highest BCUT2D eigenvalue weighted by Gasteiger charge is 2.34. The Hall–Kier alpha value is -1.24. The van der Waals surface area contributed by atoms with Gasteiger partial charge in [0.2, 0.25) is 0 Å². The Balaban J connectivity index is 1.74. The zero-order valence-electron chi connectivity index (χ0n) is 13.0. The van der Waals surface area contributed by atoms with E-state index in [0.717, 1.165) is 29.8 Å². The summed E-state index contributed by atoms with van der Waals surface area (Å²) in [5, 5.41) is 18.0. The van der Waals surface area contributed by atoms with Crippen molar-refractivity contribution in [2.75, 3.05) is 5.32 Å². The Kier molecular flexibility index (Phi) is 4.01. The van der Waals surface area contributed by atoms with Crippen LogP contribution in [0.3, 0.4) is 0 Å². The second-order valence-corrected chi connectivity index (χ2v) is 8.83. The summed E-state index contributed by atoms with van der Waals surface area (Å²) in [6.07, 6.45) is 2.60. The molecule has 7 heteroatoms. The van der Waals surface area contributed by atoms with Crippen LogP contribution in [0.2, 0.25) is 5.02 Å². The first kappa shape index (κ1) is 16.2. The SMILES string of the molecule is C[C@H]1CCc2c(sc3c2C(=O)N[C@@H](c2cc(Cl)cc(Br)c2O)N3)C1. The van der Waals surface area contributed by atoms with Gasteiger partial charge >= 0.3 is 0 Å². The van der Waals surface area contributed by atoms with E-state index < -0.39 is 6.17 Å². The van der Waals surface area contributed by atoms with Gasteiger partial charge in [-0.15, -0.1) is 11.3 Å². The Bertz CT molecular complexity index is 852. The molecule has 3 N–H and O–H groups in total. The van der Waals surface area contributed by atoms with Crippen molar-refractivity contribution >= 4 is 49.8 Å². The second kappa shape index (κ2) is 5.93. The zero-order chi connectivity index (χ0) is 17.0. The zero-order valence-corrected chi connectivity index (χ0v) is 16.1. The van der Waals surface area contributed by atoms with E-state index in [1.54, 1.807) is 23.5 Å². The third-order valence-electron chi connectivity index (χ3n) is 4.66. The average molecular weight is 428 g/mol. The first-order chi connectivity index (χ1) is 11.4. The molecular formula is C17H16BrClN2O2S. The summed E-state index contributed by atoms with van der Waals surface area (Å²) in [6.45, 7) is 2.25. The molecule has 2 aliphatic rings. The third kappa shape index (κ3) is 2.61. The maximum atomic E-state index is 12.7. The van der Waals surface area contributed by atoms with Crippen molar-refractivity contribution in [2.24, 2.45) is 5.92 Å². The number of aromatic hydroxyl groups is 1. The van der Waals surface area contributed by atoms with Crippen molar-refractivity contribution in [3.05, 3.63) is 43.2 Å². The van der Waals surface area contributed by atoms with Crippen LogP contribution in [0.4, 0.5) is 5.00 Å². The standard InChI is InChI=1S/C17H16BrClN2O2S/c1-7-2-3-9-12(4-7)24-17-13(9)16(23)20-15(21-17)10-5-8(19)6-11(18)14(10)22/h5-7,15,21-22H,2-4H2,1H3,(H,20,23)/t7-,15+/m0/s1. The van der Waals surface area contributed by atoms with E-state index in [2.05, 4.69) is 33.5 Å². The minimum Gasteiger partial charge on any atom is -0.506 e. The van der Waals surface area contributed by atoms with Gasteiger partial charge in [-0.2, -0.15) is 0 Å². The van der Waals surface area contributed by atoms with Crippen LogP contribution < -0.4 is 10.6 Å². The predicted octanol–water partition coefficient (Wildman–Crippen LogP) is 4.85. The van der Waals surface area contributed by atoms with E-state index in [-0.39, 0.29) is 11.7 Å². The number of anilines is 1. The number of fused-ring (bicyclic) bond motifs is 3. The summed E-state index contributed by atoms with van der Waals surface area (Å²) in [7, 11) is 0. The molecule has 1 aromatic carbocycles. The van der Waals surface area contributed by atoms with Crippen LogP contribution >= 0.6 is 38.9 Å². The smallest absolute Gasteiger partial charge is 0.256 e. The average Bonchev–Trinajstić information content (AvgIpc) is 2.88. The molecule has 0 unspecified atom stereocenters. The number of benzene rings is 1. The summed E-state index contributed by atoms with van der Waals surface area (Å²) >= 11 is 11.0. The minimum absolute atomic E-state index is 0.0793. The lowest BCUT2D eigenvalue weighted by Gasteiger charge is -2.27. The normalized spacial score (nSPS) is 22.4. The summed E-state index contributed by atoms with van der Waals surface area (Å²) in [5.74, 6) is 0.649. The Morgan fingerprint density at radius 3 is 2.96 bits per heavy atom. The van der Waals surface area contributed by atoms with Gasteiger partial charge in [-0.3, -0.25) is 4.79 Å². The highest BCUT2D eigenvalue weighted by molar-refractivity contribution is 9.10. The number of nitrogens with one attached hydrogen (secondary N) is 2. The van der Waals surface area contributed by atoms with Crippen molar-refractivity contribution in [2.45, 2.75) is 32.4 Å². The van der Waals surface area contributed by atoms with E-state index in [1.807, 2.05) is 0 Å². The molecule has 1 aliphatic carbocycles. The Labute approximate surface area is 157 Å². The number of halogens is 2. The van der Waals surface area contributed by atoms with Crippen LogP contribution in [-0.4, -0.2) is 11.0 Å². The van der Waals surface area contributed by atoms with Gasteiger partial charge in [0.05, 0.1) is 10.0 Å². The maximum Gasteiger partial charge on any atom is 0.256 e. The molecule has 0 saturated heterocycles. The third-order valence-corrected chi connectivity index (χ3v) is 6.67. The first-order valence-corrected chi connectivity index (χ1v) is 9.82. The number of hydrogen-bond donors (Lipinski definition) is 3. The number of amides is 1. The summed E-state index contributed by atoms with van der Waals surface area (Å²) in [4.78, 5) is 14.0. The molecule has 0 spiro atoms. The van der Waals surface area contributed by atoms with Crippen LogP contribution in [0.5, 0.6) is 5.75 Å². The minimum atomic E-state index is -0.502. The van der Waals surface area contributed by atoms with Crippen molar-refractivity contribution in [1.82, 2.24) is 5.32 Å². The van der Waals surface area contributed by atoms with E-state index in [9.17, 15) is 9.90 Å². The number of hydrogen-bond acceptors (Lipinski definition) is 4. The van der Waals surface area contributed by atoms with Gasteiger partial charge < -0.3 is 15.7 Å². The Morgan fingerprint density at radius 2 is 2.17 bits per heavy atom. The predicted molar refractivity (Wildman–Crippen MR) is 100 cm³/mol. The Morgan fingerprint density at radius 1 is 1.38 bits per heavy atom. The van der Waals surface area contributed by atoms with Gasteiger partial charge in [0.1, 0.15) is 16.9 Å². The fourth-order valence-corrected chi connectivity index (χ4v) is 5.69. The summed E-state index contributed by atoms with van der Waals surface area (Å²) < 4.78 is 0.506. The van der Waals surface area contributed by atoms with Gasteiger partial charge in [0, 0.05) is 15.5 Å². The van der Waals surface area contributed by atoms with Crippen molar-refractivity contribution in [3.63, 3.8) is 0 Å². The molecule has 0 bridgehead atoms. The number of phenolic OH excluding ortho intramolecular Hbond substituents is 1. The van der Waals surface area contributed by atoms with Crippen LogP contribution in [0.15, 0.2) is 16.6 Å². The topological polar surface area (TPSA) is 61.4 Å². The molecule has 4 rings (SSSR count). The lowest BCUT2D eigenvalue weighted by atomic mass is 9.88.